The lowest BCUT2D eigenvalue weighted by molar-refractivity contribution is -0.0511. The second-order valence-electron chi connectivity index (χ2n) is 8.66. The molecule has 1 saturated heterocycles. The number of hydrogen-bond donors (Lipinski definition) is 4. The quantitative estimate of drug-likeness (QED) is 0.375. The lowest BCUT2D eigenvalue weighted by atomic mass is 10.1. The number of aliphatic hydroxyl groups excluding tert-OH is 3. The van der Waals surface area contributed by atoms with Crippen molar-refractivity contribution in [2.45, 2.75) is 62.6 Å². The molecule has 3 aromatic rings. The zero-order valence-corrected chi connectivity index (χ0v) is 18.8. The van der Waals surface area contributed by atoms with Gasteiger partial charge in [0.05, 0.1) is 38.8 Å². The van der Waals surface area contributed by atoms with E-state index in [1.54, 1.807) is 11.7 Å². The summed E-state index contributed by atoms with van der Waals surface area (Å²) < 4.78 is 18.7. The highest BCUT2D eigenvalue weighted by atomic mass is 16.6. The standard InChI is InChI=1S/C23H29N5O6/c1-32-14-5-2-4-13(8-14)10-33-16-7-3-6-15(16)27-21-18-22(25-11-24-21)28(12-26-18)23-20(31)19(30)17(9-29)34-23/h2,4-5,8,11-12,15-17,19-20,23,29-31H,3,6-7,9-10H2,1H3,(H,24,25,27)/t15-,16-,17+,19+,20+,23+/m0/s1. The molecule has 3 heterocycles. The first kappa shape index (κ1) is 22.9. The Morgan fingerprint density at radius 2 is 2.06 bits per heavy atom. The molecule has 0 unspecified atom stereocenters. The van der Waals surface area contributed by atoms with E-state index >= 15 is 0 Å². The number of imidazole rings is 1. The van der Waals surface area contributed by atoms with Crippen LogP contribution in [-0.4, -0.2) is 79.0 Å². The molecular weight excluding hydrogens is 442 g/mol. The van der Waals surface area contributed by atoms with Crippen LogP contribution in [0.2, 0.25) is 0 Å². The van der Waals surface area contributed by atoms with Crippen LogP contribution in [0.25, 0.3) is 11.2 Å². The lowest BCUT2D eigenvalue weighted by Gasteiger charge is -2.22. The maximum absolute atomic E-state index is 10.4. The molecule has 1 aromatic carbocycles. The van der Waals surface area contributed by atoms with E-state index in [0.29, 0.717) is 23.6 Å². The Morgan fingerprint density at radius 1 is 1.18 bits per heavy atom. The van der Waals surface area contributed by atoms with E-state index in [2.05, 4.69) is 20.3 Å². The third kappa shape index (κ3) is 4.32. The van der Waals surface area contributed by atoms with E-state index in [9.17, 15) is 15.3 Å². The van der Waals surface area contributed by atoms with Gasteiger partial charge in [0.15, 0.2) is 23.2 Å². The molecule has 6 atom stereocenters. The maximum atomic E-state index is 10.4. The number of hydrogen-bond acceptors (Lipinski definition) is 10. The number of aromatic nitrogens is 4. The van der Waals surface area contributed by atoms with Crippen LogP contribution < -0.4 is 10.1 Å². The van der Waals surface area contributed by atoms with Crippen LogP contribution >= 0.6 is 0 Å². The predicted octanol–water partition coefficient (Wildman–Crippen LogP) is 0.996. The Kier molecular flexibility index (Phi) is 6.61. The van der Waals surface area contributed by atoms with Gasteiger partial charge >= 0.3 is 0 Å². The molecule has 1 aliphatic heterocycles. The maximum Gasteiger partial charge on any atom is 0.167 e. The van der Waals surface area contributed by atoms with Crippen molar-refractivity contribution in [2.24, 2.45) is 0 Å². The van der Waals surface area contributed by atoms with Crippen LogP contribution in [0.5, 0.6) is 5.75 Å². The molecule has 11 nitrogen and oxygen atoms in total. The monoisotopic (exact) mass is 471 g/mol. The number of nitrogens with zero attached hydrogens (tertiary/aromatic N) is 4. The summed E-state index contributed by atoms with van der Waals surface area (Å²) in [7, 11) is 1.65. The Morgan fingerprint density at radius 3 is 2.85 bits per heavy atom. The number of anilines is 1. The van der Waals surface area contributed by atoms with Gasteiger partial charge in [0.1, 0.15) is 30.4 Å². The molecule has 2 fully saturated rings. The minimum atomic E-state index is -1.22. The zero-order valence-electron chi connectivity index (χ0n) is 18.8. The number of rotatable bonds is 8. The minimum absolute atomic E-state index is 0.0127. The number of aliphatic hydroxyl groups is 3. The molecule has 1 aliphatic carbocycles. The first-order chi connectivity index (χ1) is 16.6. The third-order valence-corrected chi connectivity index (χ3v) is 6.52. The molecule has 182 valence electrons. The van der Waals surface area contributed by atoms with Gasteiger partial charge in [-0.1, -0.05) is 12.1 Å². The fraction of sp³-hybridized carbons (Fsp3) is 0.522. The van der Waals surface area contributed by atoms with Crippen LogP contribution in [0.1, 0.15) is 31.1 Å². The summed E-state index contributed by atoms with van der Waals surface area (Å²) in [6, 6.07) is 7.89. The first-order valence-corrected chi connectivity index (χ1v) is 11.4. The second kappa shape index (κ2) is 9.80. The van der Waals surface area contributed by atoms with Crippen molar-refractivity contribution in [3.63, 3.8) is 0 Å². The Labute approximate surface area is 196 Å². The molecular formula is C23H29N5O6. The van der Waals surface area contributed by atoms with E-state index in [-0.39, 0.29) is 12.1 Å². The molecule has 1 saturated carbocycles. The Hall–Kier alpha value is -2.83. The second-order valence-corrected chi connectivity index (χ2v) is 8.66. The van der Waals surface area contributed by atoms with Crippen LogP contribution in [0, 0.1) is 0 Å². The van der Waals surface area contributed by atoms with Gasteiger partial charge in [0.2, 0.25) is 0 Å². The number of nitrogens with one attached hydrogen (secondary N) is 1. The number of fused-ring (bicyclic) bond motifs is 1. The summed E-state index contributed by atoms with van der Waals surface area (Å²) in [6.45, 7) is 0.0844. The topological polar surface area (TPSA) is 144 Å². The lowest BCUT2D eigenvalue weighted by Crippen LogP contribution is -2.33. The SMILES string of the molecule is COc1cccc(CO[C@H]2CCC[C@@H]2Nc2ncnc3c2ncn3[C@@H]2O[C@H](CO)[C@@H](O)[C@H]2O)c1. The molecule has 34 heavy (non-hydrogen) atoms. The molecule has 2 aromatic heterocycles. The molecule has 2 aliphatic rings. The van der Waals surface area contributed by atoms with Crippen molar-refractivity contribution in [3.05, 3.63) is 42.5 Å². The molecule has 4 N–H and O–H groups in total. The fourth-order valence-corrected chi connectivity index (χ4v) is 4.69. The van der Waals surface area contributed by atoms with Crippen LogP contribution in [0.4, 0.5) is 5.82 Å². The van der Waals surface area contributed by atoms with Gasteiger partial charge in [-0.2, -0.15) is 0 Å². The minimum Gasteiger partial charge on any atom is -0.497 e. The van der Waals surface area contributed by atoms with Gasteiger partial charge in [-0.3, -0.25) is 4.57 Å². The molecule has 0 amide bonds. The van der Waals surface area contributed by atoms with Gasteiger partial charge in [-0.25, -0.2) is 15.0 Å². The molecule has 5 rings (SSSR count). The van der Waals surface area contributed by atoms with Gasteiger partial charge < -0.3 is 34.8 Å². The van der Waals surface area contributed by atoms with Gasteiger partial charge in [0.25, 0.3) is 0 Å². The fourth-order valence-electron chi connectivity index (χ4n) is 4.69. The van der Waals surface area contributed by atoms with Gasteiger partial charge in [-0.15, -0.1) is 0 Å². The van der Waals surface area contributed by atoms with Crippen molar-refractivity contribution >= 4 is 17.0 Å². The van der Waals surface area contributed by atoms with Crippen molar-refractivity contribution in [1.82, 2.24) is 19.5 Å². The first-order valence-electron chi connectivity index (χ1n) is 11.4. The molecule has 11 heteroatoms. The third-order valence-electron chi connectivity index (χ3n) is 6.52. The van der Waals surface area contributed by atoms with E-state index in [1.165, 1.54) is 12.7 Å². The average Bonchev–Trinajstić information content (AvgIpc) is 3.56. The van der Waals surface area contributed by atoms with Gasteiger partial charge in [-0.05, 0) is 37.0 Å². The van der Waals surface area contributed by atoms with E-state index < -0.39 is 31.1 Å². The van der Waals surface area contributed by atoms with Crippen molar-refractivity contribution in [3.8, 4) is 5.75 Å². The van der Waals surface area contributed by atoms with E-state index in [4.69, 9.17) is 14.2 Å². The highest BCUT2D eigenvalue weighted by Gasteiger charge is 2.44. The van der Waals surface area contributed by atoms with Crippen LogP contribution in [0.3, 0.4) is 0 Å². The molecule has 0 radical (unpaired) electrons. The summed E-state index contributed by atoms with van der Waals surface area (Å²) in [6.07, 6.45) is 1.63. The van der Waals surface area contributed by atoms with Crippen molar-refractivity contribution in [2.75, 3.05) is 19.0 Å². The van der Waals surface area contributed by atoms with E-state index in [0.717, 1.165) is 30.6 Å². The smallest absolute Gasteiger partial charge is 0.167 e. The van der Waals surface area contributed by atoms with Crippen LogP contribution in [0.15, 0.2) is 36.9 Å². The highest BCUT2D eigenvalue weighted by Crippen LogP contribution is 2.33. The normalized spacial score (nSPS) is 29.1. The summed E-state index contributed by atoms with van der Waals surface area (Å²) in [5.74, 6) is 1.37. The summed E-state index contributed by atoms with van der Waals surface area (Å²) >= 11 is 0. The largest absolute Gasteiger partial charge is 0.497 e. The van der Waals surface area contributed by atoms with E-state index in [1.807, 2.05) is 24.3 Å². The Bertz CT molecular complexity index is 1130. The van der Waals surface area contributed by atoms with Crippen molar-refractivity contribution in [1.29, 1.82) is 0 Å². The highest BCUT2D eigenvalue weighted by molar-refractivity contribution is 5.82. The average molecular weight is 472 g/mol. The van der Waals surface area contributed by atoms with Crippen LogP contribution in [-0.2, 0) is 16.1 Å². The molecule has 0 spiro atoms. The predicted molar refractivity (Wildman–Crippen MR) is 121 cm³/mol. The number of ether oxygens (including phenoxy) is 3. The Balaban J connectivity index is 1.31. The summed E-state index contributed by atoms with van der Waals surface area (Å²) in [5.41, 5.74) is 2.03. The summed E-state index contributed by atoms with van der Waals surface area (Å²) in [4.78, 5) is 13.1. The molecule has 0 bridgehead atoms. The number of methoxy groups -OCH3 is 1. The number of benzene rings is 1. The zero-order chi connectivity index (χ0) is 23.7. The van der Waals surface area contributed by atoms with Crippen molar-refractivity contribution < 1.29 is 29.5 Å². The summed E-state index contributed by atoms with van der Waals surface area (Å²) in [5, 5.41) is 33.3. The van der Waals surface area contributed by atoms with Gasteiger partial charge in [0, 0.05) is 0 Å².